The molecule has 2 aliphatic rings. The minimum Gasteiger partial charge on any atom is -0.489 e. The summed E-state index contributed by atoms with van der Waals surface area (Å²) in [6.45, 7) is 1.72. The van der Waals surface area contributed by atoms with Gasteiger partial charge in [-0.25, -0.2) is 0 Å². The van der Waals surface area contributed by atoms with E-state index in [4.69, 9.17) is 4.74 Å². The van der Waals surface area contributed by atoms with Gasteiger partial charge in [0.1, 0.15) is 12.4 Å². The average molecular weight is 405 g/mol. The number of hydrogen-bond donors (Lipinski definition) is 2. The second-order valence-corrected chi connectivity index (χ2v) is 7.29. The summed E-state index contributed by atoms with van der Waals surface area (Å²) in [4.78, 5) is 11.7. The minimum absolute atomic E-state index is 0.0122. The molecule has 2 heterocycles. The molecule has 0 aliphatic carbocycles. The molecule has 0 saturated carbocycles. The van der Waals surface area contributed by atoms with Gasteiger partial charge in [-0.05, 0) is 67.2 Å². The first-order valence-electron chi connectivity index (χ1n) is 9.44. The van der Waals surface area contributed by atoms with E-state index in [1.54, 1.807) is 12.1 Å². The van der Waals surface area contributed by atoms with Crippen LogP contribution < -0.4 is 19.5 Å². The van der Waals surface area contributed by atoms with Gasteiger partial charge in [0.15, 0.2) is 11.5 Å². The van der Waals surface area contributed by atoms with Gasteiger partial charge in [-0.3, -0.25) is 4.79 Å². The lowest BCUT2D eigenvalue weighted by molar-refractivity contribution is -0.286. The molecule has 1 fully saturated rings. The molecular weight excluding hydrogens is 384 g/mol. The third-order valence-corrected chi connectivity index (χ3v) is 5.21. The van der Waals surface area contributed by atoms with Crippen molar-refractivity contribution in [3.05, 3.63) is 53.6 Å². The van der Waals surface area contributed by atoms with E-state index in [0.717, 1.165) is 25.1 Å². The molecule has 0 bridgehead atoms. The summed E-state index contributed by atoms with van der Waals surface area (Å²) in [5.41, 5.74) is 1.53. The van der Waals surface area contributed by atoms with Gasteiger partial charge >= 0.3 is 12.3 Å². The van der Waals surface area contributed by atoms with Gasteiger partial charge in [0.05, 0.1) is 5.92 Å². The Labute approximate surface area is 166 Å². The highest BCUT2D eigenvalue weighted by Gasteiger charge is 2.43. The van der Waals surface area contributed by atoms with E-state index in [1.165, 1.54) is 12.1 Å². The van der Waals surface area contributed by atoms with Gasteiger partial charge in [0.25, 0.3) is 0 Å². The number of ether oxygens (including phenoxy) is 3. The summed E-state index contributed by atoms with van der Waals surface area (Å²) < 4.78 is 40.8. The van der Waals surface area contributed by atoms with Crippen molar-refractivity contribution < 1.29 is 32.9 Å². The maximum atomic E-state index is 13.1. The number of carbonyl (C=O) groups is 1. The van der Waals surface area contributed by atoms with E-state index < -0.39 is 18.2 Å². The Hall–Kier alpha value is -2.87. The zero-order chi connectivity index (χ0) is 20.4. The topological polar surface area (TPSA) is 77.0 Å². The molecule has 2 N–H and O–H groups in total. The van der Waals surface area contributed by atoms with Crippen LogP contribution in [-0.2, 0) is 17.8 Å². The van der Waals surface area contributed by atoms with E-state index in [1.807, 2.05) is 18.2 Å². The Bertz CT molecular complexity index is 898. The summed E-state index contributed by atoms with van der Waals surface area (Å²) in [5, 5.41) is 12.8. The average Bonchev–Trinajstić information content (AvgIpc) is 3.30. The molecule has 6 nitrogen and oxygen atoms in total. The second kappa shape index (κ2) is 7.87. The molecule has 29 heavy (non-hydrogen) atoms. The van der Waals surface area contributed by atoms with Crippen LogP contribution in [0.2, 0.25) is 0 Å². The van der Waals surface area contributed by atoms with E-state index in [0.29, 0.717) is 17.7 Å². The Morgan fingerprint density at radius 3 is 2.79 bits per heavy atom. The molecule has 0 aromatic heterocycles. The lowest BCUT2D eigenvalue weighted by atomic mass is 9.86. The molecule has 8 heteroatoms. The standard InChI is InChI=1S/C21H21F2NO5/c22-21(23)28-18-5-4-14(10-19(18)29-21)12-27-16-3-1-2-13(8-16)9-17(20(25)26)15-6-7-24-11-15/h1-5,8,10,15,17,24H,6-7,9,11-12H2,(H,25,26)/t15-,17-/m0/s1. The van der Waals surface area contributed by atoms with Crippen LogP contribution in [0.1, 0.15) is 17.5 Å². The van der Waals surface area contributed by atoms with Crippen molar-refractivity contribution in [3.63, 3.8) is 0 Å². The predicted molar refractivity (Wildman–Crippen MR) is 99.2 cm³/mol. The molecule has 154 valence electrons. The number of alkyl halides is 2. The fourth-order valence-corrected chi connectivity index (χ4v) is 3.74. The monoisotopic (exact) mass is 405 g/mol. The fourth-order valence-electron chi connectivity index (χ4n) is 3.74. The van der Waals surface area contributed by atoms with Crippen LogP contribution in [0.25, 0.3) is 0 Å². The number of carboxylic acid groups (broad SMARTS) is 1. The zero-order valence-corrected chi connectivity index (χ0v) is 15.6. The molecule has 2 aromatic rings. The molecule has 4 rings (SSSR count). The van der Waals surface area contributed by atoms with Crippen molar-refractivity contribution >= 4 is 5.97 Å². The maximum absolute atomic E-state index is 13.1. The van der Waals surface area contributed by atoms with Crippen LogP contribution in [0.5, 0.6) is 17.2 Å². The molecule has 2 aromatic carbocycles. The quantitative estimate of drug-likeness (QED) is 0.735. The summed E-state index contributed by atoms with van der Waals surface area (Å²) in [6, 6.07) is 11.8. The SMILES string of the molecule is O=C(O)[C@@H](Cc1cccc(OCc2ccc3c(c2)OC(F)(F)O3)c1)[C@H]1CCNC1. The molecule has 0 unspecified atom stereocenters. The van der Waals surface area contributed by atoms with E-state index >= 15 is 0 Å². The number of aliphatic carboxylic acids is 1. The number of fused-ring (bicyclic) bond motifs is 1. The summed E-state index contributed by atoms with van der Waals surface area (Å²) >= 11 is 0. The third kappa shape index (κ3) is 4.59. The number of hydrogen-bond acceptors (Lipinski definition) is 5. The van der Waals surface area contributed by atoms with Crippen molar-refractivity contribution in [3.8, 4) is 17.2 Å². The molecule has 2 atom stereocenters. The van der Waals surface area contributed by atoms with Crippen LogP contribution in [-0.4, -0.2) is 30.5 Å². The first-order chi connectivity index (χ1) is 13.9. The first-order valence-corrected chi connectivity index (χ1v) is 9.44. The van der Waals surface area contributed by atoms with Crippen molar-refractivity contribution in [2.24, 2.45) is 11.8 Å². The normalized spacial score (nSPS) is 20.4. The highest BCUT2D eigenvalue weighted by atomic mass is 19.3. The highest BCUT2D eigenvalue weighted by Crippen LogP contribution is 2.41. The second-order valence-electron chi connectivity index (χ2n) is 7.29. The minimum atomic E-state index is -3.65. The molecule has 0 amide bonds. The number of carboxylic acids is 1. The molecule has 0 spiro atoms. The third-order valence-electron chi connectivity index (χ3n) is 5.21. The van der Waals surface area contributed by atoms with Gasteiger partial charge in [0, 0.05) is 0 Å². The van der Waals surface area contributed by atoms with Crippen LogP contribution in [0.4, 0.5) is 8.78 Å². The van der Waals surface area contributed by atoms with Crippen LogP contribution in [0, 0.1) is 11.8 Å². The lowest BCUT2D eigenvalue weighted by Crippen LogP contribution is -2.27. The summed E-state index contributed by atoms with van der Waals surface area (Å²) in [5.74, 6) is -0.581. The van der Waals surface area contributed by atoms with E-state index in [-0.39, 0.29) is 24.0 Å². The molecule has 1 saturated heterocycles. The Kier molecular flexibility index (Phi) is 5.27. The number of nitrogens with one attached hydrogen (secondary N) is 1. The predicted octanol–water partition coefficient (Wildman–Crippen LogP) is 3.44. The Morgan fingerprint density at radius 2 is 2.03 bits per heavy atom. The zero-order valence-electron chi connectivity index (χ0n) is 15.6. The van der Waals surface area contributed by atoms with Gasteiger partial charge in [0.2, 0.25) is 0 Å². The molecule has 0 radical (unpaired) electrons. The number of halogens is 2. The van der Waals surface area contributed by atoms with Crippen molar-refractivity contribution in [1.29, 1.82) is 0 Å². The van der Waals surface area contributed by atoms with Crippen molar-refractivity contribution in [2.45, 2.75) is 25.7 Å². The summed E-state index contributed by atoms with van der Waals surface area (Å²) in [7, 11) is 0. The van der Waals surface area contributed by atoms with Gasteiger partial charge in [-0.1, -0.05) is 18.2 Å². The Morgan fingerprint density at radius 1 is 1.21 bits per heavy atom. The van der Waals surface area contributed by atoms with Crippen LogP contribution in [0.3, 0.4) is 0 Å². The smallest absolute Gasteiger partial charge is 0.489 e. The van der Waals surface area contributed by atoms with Gasteiger partial charge < -0.3 is 24.6 Å². The summed E-state index contributed by atoms with van der Waals surface area (Å²) in [6.07, 6.45) is -2.36. The van der Waals surface area contributed by atoms with E-state index in [9.17, 15) is 18.7 Å². The fraction of sp³-hybridized carbons (Fsp3) is 0.381. The number of benzene rings is 2. The largest absolute Gasteiger partial charge is 0.586 e. The molecule has 2 aliphatic heterocycles. The number of rotatable bonds is 7. The molecular formula is C21H21F2NO5. The first kappa shape index (κ1) is 19.4. The Balaban J connectivity index is 1.40. The van der Waals surface area contributed by atoms with E-state index in [2.05, 4.69) is 14.8 Å². The van der Waals surface area contributed by atoms with Crippen molar-refractivity contribution in [2.75, 3.05) is 13.1 Å². The van der Waals surface area contributed by atoms with Crippen LogP contribution >= 0.6 is 0 Å². The maximum Gasteiger partial charge on any atom is 0.586 e. The van der Waals surface area contributed by atoms with Crippen molar-refractivity contribution in [1.82, 2.24) is 5.32 Å². The van der Waals surface area contributed by atoms with Gasteiger partial charge in [-0.15, -0.1) is 8.78 Å². The highest BCUT2D eigenvalue weighted by molar-refractivity contribution is 5.71. The lowest BCUT2D eigenvalue weighted by Gasteiger charge is -2.19. The van der Waals surface area contributed by atoms with Gasteiger partial charge in [-0.2, -0.15) is 0 Å². The van der Waals surface area contributed by atoms with Crippen LogP contribution in [0.15, 0.2) is 42.5 Å².